The van der Waals surface area contributed by atoms with Crippen LogP contribution in [-0.2, 0) is 16.1 Å². The molecule has 2 aromatic rings. The number of amides is 3. The zero-order chi connectivity index (χ0) is 23.4. The van der Waals surface area contributed by atoms with Crippen molar-refractivity contribution in [1.82, 2.24) is 10.0 Å². The van der Waals surface area contributed by atoms with E-state index >= 15 is 0 Å². The molecule has 5 rings (SSSR count). The summed E-state index contributed by atoms with van der Waals surface area (Å²) in [6.45, 7) is -0.0620. The van der Waals surface area contributed by atoms with E-state index in [4.69, 9.17) is 0 Å². The molecule has 3 fully saturated rings. The standard InChI is InChI=1S/C23H19Br2N3O5/c24-19-14-10-15(20(19)25)18-17(14)22(30)27(23(18)31)26(11-12-6-2-1-3-7-12)21(29)13-8-4-5-9-16(13)28(32)33/h1-9,14-15,17-20H,10-11H2/t14-,15-,17-,18+,19-,20+/m1/s1. The van der Waals surface area contributed by atoms with Gasteiger partial charge in [0.05, 0.1) is 23.3 Å². The van der Waals surface area contributed by atoms with Gasteiger partial charge in [-0.3, -0.25) is 24.5 Å². The quantitative estimate of drug-likeness (QED) is 0.232. The Morgan fingerprint density at radius 2 is 1.52 bits per heavy atom. The fraction of sp³-hybridized carbons (Fsp3) is 0.348. The van der Waals surface area contributed by atoms with Gasteiger partial charge in [-0.15, -0.1) is 0 Å². The van der Waals surface area contributed by atoms with Crippen LogP contribution in [0.3, 0.4) is 0 Å². The van der Waals surface area contributed by atoms with Crippen LogP contribution in [0.1, 0.15) is 22.3 Å². The van der Waals surface area contributed by atoms with Gasteiger partial charge >= 0.3 is 0 Å². The minimum atomic E-state index is -0.758. The molecule has 1 saturated heterocycles. The minimum absolute atomic E-state index is 0.00874. The van der Waals surface area contributed by atoms with E-state index in [1.54, 1.807) is 24.3 Å². The summed E-state index contributed by atoms with van der Waals surface area (Å²) in [6.07, 6.45) is 0.767. The molecular formula is C23H19Br2N3O5. The molecule has 0 unspecified atom stereocenters. The van der Waals surface area contributed by atoms with E-state index in [0.29, 0.717) is 5.56 Å². The van der Waals surface area contributed by atoms with Gasteiger partial charge in [-0.2, -0.15) is 5.01 Å². The maximum absolute atomic E-state index is 13.6. The third-order valence-corrected chi connectivity index (χ3v) is 10.2. The van der Waals surface area contributed by atoms with E-state index in [2.05, 4.69) is 31.9 Å². The van der Waals surface area contributed by atoms with Crippen molar-refractivity contribution >= 4 is 55.3 Å². The number of carbonyl (C=O) groups is 3. The van der Waals surface area contributed by atoms with Crippen LogP contribution in [0.4, 0.5) is 5.69 Å². The van der Waals surface area contributed by atoms with Gasteiger partial charge in [0.1, 0.15) is 5.56 Å². The summed E-state index contributed by atoms with van der Waals surface area (Å²) in [7, 11) is 0. The molecule has 0 N–H and O–H groups in total. The van der Waals surface area contributed by atoms with Crippen LogP contribution in [0.25, 0.3) is 0 Å². The van der Waals surface area contributed by atoms with Gasteiger partial charge in [-0.25, -0.2) is 5.01 Å². The molecule has 2 aliphatic carbocycles. The minimum Gasteiger partial charge on any atom is -0.272 e. The Morgan fingerprint density at radius 3 is 2.09 bits per heavy atom. The molecule has 1 aliphatic heterocycles. The van der Waals surface area contributed by atoms with Gasteiger partial charge in [0.2, 0.25) is 0 Å². The van der Waals surface area contributed by atoms with Gasteiger partial charge in [-0.05, 0) is 29.9 Å². The number of hydrazine groups is 1. The predicted molar refractivity (Wildman–Crippen MR) is 125 cm³/mol. The number of alkyl halides is 2. The van der Waals surface area contributed by atoms with Crippen molar-refractivity contribution in [2.75, 3.05) is 0 Å². The van der Waals surface area contributed by atoms with E-state index in [0.717, 1.165) is 16.4 Å². The number of para-hydroxylation sites is 1. The second-order valence-corrected chi connectivity index (χ2v) is 10.7. The van der Waals surface area contributed by atoms with Crippen molar-refractivity contribution in [2.24, 2.45) is 23.7 Å². The van der Waals surface area contributed by atoms with Crippen molar-refractivity contribution in [3.05, 3.63) is 75.8 Å². The smallest absolute Gasteiger partial charge is 0.272 e. The summed E-state index contributed by atoms with van der Waals surface area (Å²) in [5.41, 5.74) is 0.151. The van der Waals surface area contributed by atoms with Crippen LogP contribution in [0.5, 0.6) is 0 Å². The highest BCUT2D eigenvalue weighted by molar-refractivity contribution is 9.12. The molecule has 8 nitrogen and oxygen atoms in total. The Bertz CT molecular complexity index is 1130. The highest BCUT2D eigenvalue weighted by Crippen LogP contribution is 2.60. The molecule has 10 heteroatoms. The number of imide groups is 1. The van der Waals surface area contributed by atoms with Crippen molar-refractivity contribution in [3.63, 3.8) is 0 Å². The number of nitrogens with zero attached hydrogens (tertiary/aromatic N) is 3. The summed E-state index contributed by atoms with van der Waals surface area (Å²) >= 11 is 7.32. The Hall–Kier alpha value is -2.59. The van der Waals surface area contributed by atoms with Gasteiger partial charge in [-0.1, -0.05) is 74.3 Å². The lowest BCUT2D eigenvalue weighted by atomic mass is 9.81. The summed E-state index contributed by atoms with van der Waals surface area (Å²) in [4.78, 5) is 51.8. The number of nitro benzene ring substituents is 1. The molecular weight excluding hydrogens is 558 g/mol. The number of benzene rings is 2. The number of nitro groups is 1. The van der Waals surface area contributed by atoms with Crippen molar-refractivity contribution in [3.8, 4) is 0 Å². The average molecular weight is 577 g/mol. The Kier molecular flexibility index (Phi) is 5.60. The van der Waals surface area contributed by atoms with Gasteiger partial charge in [0, 0.05) is 15.7 Å². The largest absolute Gasteiger partial charge is 0.282 e. The van der Waals surface area contributed by atoms with E-state index in [1.165, 1.54) is 24.3 Å². The number of hydrogen-bond donors (Lipinski definition) is 0. The predicted octanol–water partition coefficient (Wildman–Crippen LogP) is 3.93. The number of fused-ring (bicyclic) bond motifs is 5. The average Bonchev–Trinajstić information content (AvgIpc) is 3.43. The fourth-order valence-corrected chi connectivity index (χ4v) is 7.39. The van der Waals surface area contributed by atoms with Crippen molar-refractivity contribution in [2.45, 2.75) is 22.6 Å². The molecule has 0 spiro atoms. The van der Waals surface area contributed by atoms with Gasteiger partial charge in [0.15, 0.2) is 0 Å². The maximum atomic E-state index is 13.6. The third-order valence-electron chi connectivity index (χ3n) is 6.95. The lowest BCUT2D eigenvalue weighted by Gasteiger charge is -2.31. The maximum Gasteiger partial charge on any atom is 0.282 e. The van der Waals surface area contributed by atoms with Crippen molar-refractivity contribution in [1.29, 1.82) is 0 Å². The molecule has 2 aromatic carbocycles. The second-order valence-electron chi connectivity index (χ2n) is 8.61. The second kappa shape index (κ2) is 8.32. The van der Waals surface area contributed by atoms with Crippen LogP contribution >= 0.6 is 31.9 Å². The summed E-state index contributed by atoms with van der Waals surface area (Å²) in [5, 5.41) is 13.6. The monoisotopic (exact) mass is 575 g/mol. The summed E-state index contributed by atoms with van der Waals surface area (Å²) in [6, 6.07) is 14.5. The topological polar surface area (TPSA) is 101 Å². The first-order valence-corrected chi connectivity index (χ1v) is 12.4. The number of carbonyl (C=O) groups excluding carboxylic acids is 3. The zero-order valence-corrected chi connectivity index (χ0v) is 20.4. The first kappa shape index (κ1) is 22.2. The molecule has 170 valence electrons. The SMILES string of the molecule is O=C(c1ccccc1[N+](=O)[O-])N(Cc1ccccc1)N1C(=O)[C@@H]2[C@H]3C[C@@H]([C@H](Br)[C@@H]3Br)[C@@H]2C1=O. The lowest BCUT2D eigenvalue weighted by molar-refractivity contribution is -0.385. The van der Waals surface area contributed by atoms with Crippen LogP contribution in [0.15, 0.2) is 54.6 Å². The molecule has 0 radical (unpaired) electrons. The third kappa shape index (κ3) is 3.42. The normalized spacial score (nSPS) is 29.9. The number of rotatable bonds is 5. The van der Waals surface area contributed by atoms with E-state index in [-0.39, 0.29) is 39.3 Å². The van der Waals surface area contributed by atoms with Crippen LogP contribution in [0, 0.1) is 33.8 Å². The van der Waals surface area contributed by atoms with Crippen LogP contribution in [-0.4, -0.2) is 42.3 Å². The Morgan fingerprint density at radius 1 is 0.970 bits per heavy atom. The van der Waals surface area contributed by atoms with E-state index < -0.39 is 34.5 Å². The first-order valence-electron chi connectivity index (χ1n) is 10.6. The molecule has 2 saturated carbocycles. The zero-order valence-electron chi connectivity index (χ0n) is 17.2. The molecule has 3 aliphatic rings. The molecule has 1 heterocycles. The highest BCUT2D eigenvalue weighted by Gasteiger charge is 2.67. The number of hydrogen-bond acceptors (Lipinski definition) is 5. The van der Waals surface area contributed by atoms with E-state index in [9.17, 15) is 24.5 Å². The van der Waals surface area contributed by atoms with E-state index in [1.807, 2.05) is 6.07 Å². The van der Waals surface area contributed by atoms with Crippen LogP contribution in [0.2, 0.25) is 0 Å². The molecule has 2 bridgehead atoms. The fourth-order valence-electron chi connectivity index (χ4n) is 5.51. The van der Waals surface area contributed by atoms with Gasteiger partial charge < -0.3 is 0 Å². The summed E-state index contributed by atoms with van der Waals surface area (Å²) < 4.78 is 0. The Balaban J connectivity index is 1.56. The van der Waals surface area contributed by atoms with Crippen molar-refractivity contribution < 1.29 is 19.3 Å². The highest BCUT2D eigenvalue weighted by atomic mass is 79.9. The Labute approximate surface area is 206 Å². The molecule has 33 heavy (non-hydrogen) atoms. The summed E-state index contributed by atoms with van der Waals surface area (Å²) in [5.74, 6) is -2.61. The van der Waals surface area contributed by atoms with Gasteiger partial charge in [0.25, 0.3) is 23.4 Å². The molecule has 6 atom stereocenters. The molecule has 0 aromatic heterocycles. The van der Waals surface area contributed by atoms with Crippen LogP contribution < -0.4 is 0 Å². The first-order chi connectivity index (χ1) is 15.8. The lowest BCUT2D eigenvalue weighted by Crippen LogP contribution is -2.50. The molecule has 3 amide bonds. The number of halogens is 2.